The molecule has 140 valence electrons. The van der Waals surface area contributed by atoms with Crippen molar-refractivity contribution < 1.29 is 15.0 Å². The summed E-state index contributed by atoms with van der Waals surface area (Å²) in [7, 11) is 0. The lowest BCUT2D eigenvalue weighted by atomic mass is 10.1. The SMILES string of the molecule is CCCCCCCCCC(=O)O.CCCCCCCCCCO. The molecule has 0 aromatic carbocycles. The summed E-state index contributed by atoms with van der Waals surface area (Å²) in [4.78, 5) is 10.1. The summed E-state index contributed by atoms with van der Waals surface area (Å²) in [6.45, 7) is 4.81. The average Bonchev–Trinajstić information content (AvgIpc) is 2.54. The second-order valence-corrected chi connectivity index (χ2v) is 6.46. The molecule has 0 radical (unpaired) electrons. The monoisotopic (exact) mass is 330 g/mol. The molecule has 0 aliphatic rings. The highest BCUT2D eigenvalue weighted by atomic mass is 16.4. The van der Waals surface area contributed by atoms with Crippen LogP contribution in [0.25, 0.3) is 0 Å². The van der Waals surface area contributed by atoms with Crippen LogP contribution in [0.15, 0.2) is 0 Å². The van der Waals surface area contributed by atoms with Crippen LogP contribution < -0.4 is 0 Å². The zero-order valence-corrected chi connectivity index (χ0v) is 15.8. The fourth-order valence-corrected chi connectivity index (χ4v) is 2.48. The zero-order valence-electron chi connectivity index (χ0n) is 15.8. The Kier molecular flexibility index (Phi) is 25.4. The number of hydrogen-bond donors (Lipinski definition) is 2. The van der Waals surface area contributed by atoms with E-state index < -0.39 is 5.97 Å². The molecule has 3 nitrogen and oxygen atoms in total. The van der Waals surface area contributed by atoms with E-state index in [1.807, 2.05) is 0 Å². The Hall–Kier alpha value is -0.570. The van der Waals surface area contributed by atoms with Crippen molar-refractivity contribution in [2.75, 3.05) is 6.61 Å². The van der Waals surface area contributed by atoms with Crippen LogP contribution in [0.1, 0.15) is 117 Å². The second kappa shape index (κ2) is 23.7. The molecule has 0 bridgehead atoms. The Bertz CT molecular complexity index is 209. The largest absolute Gasteiger partial charge is 0.481 e. The van der Waals surface area contributed by atoms with E-state index in [2.05, 4.69) is 13.8 Å². The molecule has 23 heavy (non-hydrogen) atoms. The highest BCUT2D eigenvalue weighted by Crippen LogP contribution is 2.08. The molecule has 0 rings (SSSR count). The Morgan fingerprint density at radius 2 is 0.957 bits per heavy atom. The van der Waals surface area contributed by atoms with E-state index in [0.717, 1.165) is 19.3 Å². The van der Waals surface area contributed by atoms with Crippen LogP contribution in [-0.2, 0) is 4.79 Å². The van der Waals surface area contributed by atoms with E-state index in [1.165, 1.54) is 77.0 Å². The van der Waals surface area contributed by atoms with Crippen LogP contribution in [-0.4, -0.2) is 22.8 Å². The van der Waals surface area contributed by atoms with Gasteiger partial charge in [0.05, 0.1) is 0 Å². The first-order valence-electron chi connectivity index (χ1n) is 10.0. The number of carboxylic acid groups (broad SMARTS) is 1. The first-order valence-corrected chi connectivity index (χ1v) is 10.0. The molecular formula is C20H42O3. The lowest BCUT2D eigenvalue weighted by Crippen LogP contribution is -1.93. The van der Waals surface area contributed by atoms with E-state index >= 15 is 0 Å². The Labute approximate surface area is 144 Å². The smallest absolute Gasteiger partial charge is 0.303 e. The third-order valence-electron chi connectivity index (χ3n) is 4.01. The minimum absolute atomic E-state index is 0.341. The quantitative estimate of drug-likeness (QED) is 0.325. The summed E-state index contributed by atoms with van der Waals surface area (Å²) in [5, 5.41) is 16.9. The van der Waals surface area contributed by atoms with Crippen molar-refractivity contribution >= 4 is 5.97 Å². The summed E-state index contributed by atoms with van der Waals surface area (Å²) >= 11 is 0. The van der Waals surface area contributed by atoms with Gasteiger partial charge in [0, 0.05) is 13.0 Å². The van der Waals surface area contributed by atoms with Crippen molar-refractivity contribution in [3.8, 4) is 0 Å². The first kappa shape index (κ1) is 24.7. The van der Waals surface area contributed by atoms with Gasteiger partial charge in [-0.2, -0.15) is 0 Å². The molecule has 0 amide bonds. The number of aliphatic hydroxyl groups is 1. The van der Waals surface area contributed by atoms with Gasteiger partial charge in [0.1, 0.15) is 0 Å². The molecule has 0 saturated carbocycles. The number of rotatable bonds is 16. The molecule has 0 heterocycles. The molecule has 0 aromatic rings. The first-order chi connectivity index (χ1) is 11.2. The number of hydrogen-bond acceptors (Lipinski definition) is 2. The summed E-state index contributed by atoms with van der Waals surface area (Å²) in [5.41, 5.74) is 0. The summed E-state index contributed by atoms with van der Waals surface area (Å²) in [6, 6.07) is 0. The van der Waals surface area contributed by atoms with E-state index in [1.54, 1.807) is 0 Å². The normalized spacial score (nSPS) is 10.2. The number of carbonyl (C=O) groups is 1. The standard InChI is InChI=1S/C10H20O2.C10H22O/c1-2-3-4-5-6-7-8-9-10(11)12;1-2-3-4-5-6-7-8-9-10-11/h2-9H2,1H3,(H,11,12);11H,2-10H2,1H3. The number of unbranched alkanes of at least 4 members (excludes halogenated alkanes) is 13. The van der Waals surface area contributed by atoms with E-state index in [4.69, 9.17) is 10.2 Å². The van der Waals surface area contributed by atoms with Gasteiger partial charge in [0.25, 0.3) is 0 Å². The summed E-state index contributed by atoms with van der Waals surface area (Å²) in [5.74, 6) is -0.663. The van der Waals surface area contributed by atoms with Crippen LogP contribution in [0.5, 0.6) is 0 Å². The van der Waals surface area contributed by atoms with Gasteiger partial charge in [0.15, 0.2) is 0 Å². The maximum Gasteiger partial charge on any atom is 0.303 e. The highest BCUT2D eigenvalue weighted by molar-refractivity contribution is 5.66. The molecule has 3 heteroatoms. The van der Waals surface area contributed by atoms with Crippen molar-refractivity contribution in [1.29, 1.82) is 0 Å². The number of aliphatic hydroxyl groups excluding tert-OH is 1. The van der Waals surface area contributed by atoms with Crippen molar-refractivity contribution in [3.05, 3.63) is 0 Å². The third-order valence-corrected chi connectivity index (χ3v) is 4.01. The van der Waals surface area contributed by atoms with E-state index in [0.29, 0.717) is 13.0 Å². The molecule has 0 aromatic heterocycles. The number of aliphatic carboxylic acids is 1. The minimum Gasteiger partial charge on any atom is -0.481 e. The minimum atomic E-state index is -0.663. The van der Waals surface area contributed by atoms with Crippen LogP contribution in [0.4, 0.5) is 0 Å². The zero-order chi connectivity index (χ0) is 17.6. The molecule has 0 atom stereocenters. The maximum absolute atomic E-state index is 10.1. The molecule has 2 N–H and O–H groups in total. The molecule has 0 saturated heterocycles. The highest BCUT2D eigenvalue weighted by Gasteiger charge is 1.95. The Balaban J connectivity index is 0. The second-order valence-electron chi connectivity index (χ2n) is 6.46. The van der Waals surface area contributed by atoms with Gasteiger partial charge in [-0.05, 0) is 12.8 Å². The number of carboxylic acids is 1. The predicted octanol–water partition coefficient (Wildman–Crippen LogP) is 6.33. The molecule has 0 aliphatic heterocycles. The van der Waals surface area contributed by atoms with Gasteiger partial charge >= 0.3 is 5.97 Å². The molecule has 0 aliphatic carbocycles. The third kappa shape index (κ3) is 30.0. The van der Waals surface area contributed by atoms with Gasteiger partial charge in [0.2, 0.25) is 0 Å². The Morgan fingerprint density at radius 1 is 0.609 bits per heavy atom. The van der Waals surface area contributed by atoms with Crippen molar-refractivity contribution in [2.24, 2.45) is 0 Å². The van der Waals surface area contributed by atoms with Crippen LogP contribution >= 0.6 is 0 Å². The molecule has 0 spiro atoms. The van der Waals surface area contributed by atoms with Gasteiger partial charge < -0.3 is 10.2 Å². The van der Waals surface area contributed by atoms with E-state index in [9.17, 15) is 4.79 Å². The lowest BCUT2D eigenvalue weighted by Gasteiger charge is -1.98. The van der Waals surface area contributed by atoms with Crippen molar-refractivity contribution in [3.63, 3.8) is 0 Å². The van der Waals surface area contributed by atoms with Crippen molar-refractivity contribution in [1.82, 2.24) is 0 Å². The van der Waals surface area contributed by atoms with Gasteiger partial charge in [-0.25, -0.2) is 0 Å². The van der Waals surface area contributed by atoms with Crippen LogP contribution in [0.2, 0.25) is 0 Å². The van der Waals surface area contributed by atoms with Gasteiger partial charge in [-0.3, -0.25) is 4.79 Å². The topological polar surface area (TPSA) is 57.5 Å². The average molecular weight is 331 g/mol. The summed E-state index contributed by atoms with van der Waals surface area (Å²) in [6.07, 6.45) is 19.0. The molecule has 0 fully saturated rings. The van der Waals surface area contributed by atoms with Gasteiger partial charge in [-0.1, -0.05) is 97.3 Å². The molecular weight excluding hydrogens is 288 g/mol. The lowest BCUT2D eigenvalue weighted by molar-refractivity contribution is -0.137. The molecule has 0 unspecified atom stereocenters. The Morgan fingerprint density at radius 3 is 1.30 bits per heavy atom. The van der Waals surface area contributed by atoms with Gasteiger partial charge in [-0.15, -0.1) is 0 Å². The van der Waals surface area contributed by atoms with Crippen LogP contribution in [0.3, 0.4) is 0 Å². The fraction of sp³-hybridized carbons (Fsp3) is 0.950. The van der Waals surface area contributed by atoms with Crippen LogP contribution in [0, 0.1) is 0 Å². The predicted molar refractivity (Wildman–Crippen MR) is 99.9 cm³/mol. The maximum atomic E-state index is 10.1. The summed E-state index contributed by atoms with van der Waals surface area (Å²) < 4.78 is 0. The fourth-order valence-electron chi connectivity index (χ4n) is 2.48. The van der Waals surface area contributed by atoms with Crippen molar-refractivity contribution in [2.45, 2.75) is 117 Å². The van der Waals surface area contributed by atoms with E-state index in [-0.39, 0.29) is 0 Å².